The third-order valence-electron chi connectivity index (χ3n) is 4.21. The molecule has 5 heteroatoms. The van der Waals surface area contributed by atoms with Crippen LogP contribution in [0.2, 0.25) is 0 Å². The van der Waals surface area contributed by atoms with Gasteiger partial charge in [-0.1, -0.05) is 30.3 Å². The zero-order chi connectivity index (χ0) is 17.6. The molecule has 25 heavy (non-hydrogen) atoms. The van der Waals surface area contributed by atoms with E-state index in [9.17, 15) is 9.90 Å². The van der Waals surface area contributed by atoms with E-state index in [-0.39, 0.29) is 18.6 Å². The van der Waals surface area contributed by atoms with Gasteiger partial charge in [-0.05, 0) is 50.1 Å². The molecule has 0 heterocycles. The summed E-state index contributed by atoms with van der Waals surface area (Å²) in [6, 6.07) is 16.8. The molecule has 1 fully saturated rings. The van der Waals surface area contributed by atoms with E-state index in [0.29, 0.717) is 29.6 Å². The van der Waals surface area contributed by atoms with Crippen molar-refractivity contribution in [3.63, 3.8) is 0 Å². The van der Waals surface area contributed by atoms with Crippen molar-refractivity contribution in [2.45, 2.75) is 18.9 Å². The van der Waals surface area contributed by atoms with Crippen LogP contribution in [0.5, 0.6) is 11.5 Å². The topological polar surface area (TPSA) is 61.8 Å². The number of carbonyl (C=O) groups is 1. The van der Waals surface area contributed by atoms with Crippen LogP contribution in [-0.4, -0.2) is 42.2 Å². The number of benzene rings is 2. The van der Waals surface area contributed by atoms with Crippen molar-refractivity contribution in [2.24, 2.45) is 5.92 Å². The van der Waals surface area contributed by atoms with Crippen molar-refractivity contribution in [2.75, 3.05) is 25.5 Å². The van der Waals surface area contributed by atoms with E-state index in [1.54, 1.807) is 0 Å². The fourth-order valence-corrected chi connectivity index (χ4v) is 2.72. The van der Waals surface area contributed by atoms with Crippen LogP contribution in [0.25, 0.3) is 0 Å². The molecule has 1 aliphatic carbocycles. The van der Waals surface area contributed by atoms with Crippen LogP contribution in [0, 0.1) is 5.92 Å². The Kier molecular flexibility index (Phi) is 5.68. The number of aliphatic hydroxyl groups is 1. The molecular formula is C20H24N2O3. The Morgan fingerprint density at radius 2 is 1.88 bits per heavy atom. The highest BCUT2D eigenvalue weighted by molar-refractivity contribution is 5.93. The minimum absolute atomic E-state index is 0.130. The summed E-state index contributed by atoms with van der Waals surface area (Å²) in [5.74, 6) is 1.59. The Hall–Kier alpha value is -2.37. The maximum atomic E-state index is 12.3. The van der Waals surface area contributed by atoms with Crippen LogP contribution < -0.4 is 10.1 Å². The summed E-state index contributed by atoms with van der Waals surface area (Å²) in [6.07, 6.45) is 1.84. The lowest BCUT2D eigenvalue weighted by molar-refractivity contribution is -0.117. The number of amides is 1. The molecule has 2 N–H and O–H groups in total. The maximum Gasteiger partial charge on any atom is 0.238 e. The molecule has 132 valence electrons. The van der Waals surface area contributed by atoms with Crippen molar-refractivity contribution >= 4 is 11.6 Å². The zero-order valence-corrected chi connectivity index (χ0v) is 14.4. The molecule has 2 aromatic carbocycles. The summed E-state index contributed by atoms with van der Waals surface area (Å²) in [5.41, 5.74) is 0.632. The molecule has 1 aliphatic rings. The second-order valence-electron chi connectivity index (χ2n) is 6.56. The van der Waals surface area contributed by atoms with Gasteiger partial charge in [-0.15, -0.1) is 0 Å². The molecule has 0 aromatic heterocycles. The third kappa shape index (κ3) is 5.31. The van der Waals surface area contributed by atoms with Crippen molar-refractivity contribution in [3.8, 4) is 11.5 Å². The zero-order valence-electron chi connectivity index (χ0n) is 14.4. The van der Waals surface area contributed by atoms with Crippen LogP contribution in [0.4, 0.5) is 5.69 Å². The van der Waals surface area contributed by atoms with Gasteiger partial charge >= 0.3 is 0 Å². The second kappa shape index (κ2) is 8.14. The number of rotatable bonds is 8. The van der Waals surface area contributed by atoms with E-state index in [4.69, 9.17) is 4.74 Å². The van der Waals surface area contributed by atoms with Crippen LogP contribution in [0.15, 0.2) is 54.6 Å². The number of ether oxygens (including phenoxy) is 1. The number of carbonyl (C=O) groups excluding carboxylic acids is 1. The minimum Gasteiger partial charge on any atom is -0.455 e. The predicted octanol–water partition coefficient (Wildman–Crippen LogP) is 3.12. The van der Waals surface area contributed by atoms with E-state index in [1.165, 1.54) is 0 Å². The van der Waals surface area contributed by atoms with E-state index in [2.05, 4.69) is 5.32 Å². The monoisotopic (exact) mass is 340 g/mol. The van der Waals surface area contributed by atoms with Crippen molar-refractivity contribution in [1.82, 2.24) is 4.90 Å². The first kappa shape index (κ1) is 17.5. The van der Waals surface area contributed by atoms with Gasteiger partial charge in [0.15, 0.2) is 5.75 Å². The van der Waals surface area contributed by atoms with Crippen molar-refractivity contribution in [1.29, 1.82) is 0 Å². The van der Waals surface area contributed by atoms with Gasteiger partial charge < -0.3 is 15.2 Å². The Balaban J connectivity index is 1.57. The number of hydrogen-bond acceptors (Lipinski definition) is 4. The number of likely N-dealkylation sites (N-methyl/N-ethyl adjacent to an activating group) is 1. The summed E-state index contributed by atoms with van der Waals surface area (Å²) < 4.78 is 5.85. The summed E-state index contributed by atoms with van der Waals surface area (Å²) in [5, 5.41) is 12.9. The van der Waals surface area contributed by atoms with Crippen LogP contribution in [-0.2, 0) is 4.79 Å². The van der Waals surface area contributed by atoms with Gasteiger partial charge in [-0.25, -0.2) is 0 Å². The Bertz CT molecular complexity index is 701. The van der Waals surface area contributed by atoms with Crippen LogP contribution in [0.3, 0.4) is 0 Å². The third-order valence-corrected chi connectivity index (χ3v) is 4.21. The van der Waals surface area contributed by atoms with Crippen LogP contribution >= 0.6 is 0 Å². The molecule has 3 rings (SSSR count). The molecule has 0 radical (unpaired) electrons. The number of nitrogens with one attached hydrogen (secondary N) is 1. The Morgan fingerprint density at radius 3 is 2.60 bits per heavy atom. The number of hydrogen-bond donors (Lipinski definition) is 2. The molecular weight excluding hydrogens is 316 g/mol. The molecule has 2 aromatic rings. The van der Waals surface area contributed by atoms with Gasteiger partial charge in [-0.3, -0.25) is 9.69 Å². The average molecular weight is 340 g/mol. The number of para-hydroxylation sites is 3. The highest BCUT2D eigenvalue weighted by Gasteiger charge is 2.30. The predicted molar refractivity (Wildman–Crippen MR) is 97.8 cm³/mol. The molecule has 0 spiro atoms. The molecule has 1 amide bonds. The standard InChI is InChI=1S/C20H24N2O3/c1-22(13-18(23)15-11-12-15)14-20(24)21-17-9-5-6-10-19(17)25-16-7-3-2-4-8-16/h2-10,15,18,23H,11-14H2,1H3,(H,21,24). The number of nitrogens with zero attached hydrogens (tertiary/aromatic N) is 1. The van der Waals surface area contributed by atoms with Crippen LogP contribution in [0.1, 0.15) is 12.8 Å². The summed E-state index contributed by atoms with van der Waals surface area (Å²) in [6.45, 7) is 0.740. The van der Waals surface area contributed by atoms with Gasteiger partial charge in [0.25, 0.3) is 0 Å². The molecule has 5 nitrogen and oxygen atoms in total. The lowest BCUT2D eigenvalue weighted by Gasteiger charge is -2.20. The highest BCUT2D eigenvalue weighted by atomic mass is 16.5. The molecule has 0 aliphatic heterocycles. The SMILES string of the molecule is CN(CC(=O)Nc1ccccc1Oc1ccccc1)CC(O)C1CC1. The Morgan fingerprint density at radius 1 is 1.20 bits per heavy atom. The average Bonchev–Trinajstić information content (AvgIpc) is 3.42. The first-order chi connectivity index (χ1) is 12.1. The van der Waals surface area contributed by atoms with E-state index >= 15 is 0 Å². The molecule has 0 bridgehead atoms. The number of anilines is 1. The molecule has 1 atom stereocenters. The lowest BCUT2D eigenvalue weighted by Crippen LogP contribution is -2.36. The fraction of sp³-hybridized carbons (Fsp3) is 0.350. The largest absolute Gasteiger partial charge is 0.455 e. The summed E-state index contributed by atoms with van der Waals surface area (Å²) >= 11 is 0. The van der Waals surface area contributed by atoms with Gasteiger partial charge in [0.05, 0.1) is 18.3 Å². The van der Waals surface area contributed by atoms with E-state index in [0.717, 1.165) is 12.8 Å². The van der Waals surface area contributed by atoms with Crippen molar-refractivity contribution in [3.05, 3.63) is 54.6 Å². The van der Waals surface area contributed by atoms with Gasteiger partial charge in [-0.2, -0.15) is 0 Å². The minimum atomic E-state index is -0.341. The fourth-order valence-electron chi connectivity index (χ4n) is 2.72. The lowest BCUT2D eigenvalue weighted by atomic mass is 10.2. The van der Waals surface area contributed by atoms with Gasteiger partial charge in [0.1, 0.15) is 5.75 Å². The normalized spacial score (nSPS) is 15.0. The number of aliphatic hydroxyl groups excluding tert-OH is 1. The quantitative estimate of drug-likeness (QED) is 0.775. The Labute approximate surface area is 148 Å². The highest BCUT2D eigenvalue weighted by Crippen LogP contribution is 2.32. The van der Waals surface area contributed by atoms with Gasteiger partial charge in [0.2, 0.25) is 5.91 Å². The first-order valence-corrected chi connectivity index (χ1v) is 8.60. The second-order valence-corrected chi connectivity index (χ2v) is 6.56. The van der Waals surface area contributed by atoms with Crippen molar-refractivity contribution < 1.29 is 14.6 Å². The van der Waals surface area contributed by atoms with E-state index < -0.39 is 0 Å². The van der Waals surface area contributed by atoms with Gasteiger partial charge in [0, 0.05) is 6.54 Å². The maximum absolute atomic E-state index is 12.3. The summed E-state index contributed by atoms with van der Waals surface area (Å²) in [4.78, 5) is 14.2. The summed E-state index contributed by atoms with van der Waals surface area (Å²) in [7, 11) is 1.84. The molecule has 1 unspecified atom stereocenters. The molecule has 0 saturated heterocycles. The first-order valence-electron chi connectivity index (χ1n) is 8.60. The van der Waals surface area contributed by atoms with E-state index in [1.807, 2.05) is 66.5 Å². The smallest absolute Gasteiger partial charge is 0.238 e. The molecule has 1 saturated carbocycles.